The zero-order chi connectivity index (χ0) is 13.0. The lowest BCUT2D eigenvalue weighted by Crippen LogP contribution is -2.30. The fourth-order valence-corrected chi connectivity index (χ4v) is 2.05. The molecule has 98 valence electrons. The smallest absolute Gasteiger partial charge is 0.248 e. The van der Waals surface area contributed by atoms with Crippen LogP contribution in [0.3, 0.4) is 0 Å². The van der Waals surface area contributed by atoms with Gasteiger partial charge < -0.3 is 0 Å². The Kier molecular flexibility index (Phi) is 4.25. The van der Waals surface area contributed by atoms with Crippen molar-refractivity contribution in [3.63, 3.8) is 0 Å². The average Bonchev–Trinajstić information content (AvgIpc) is 2.84. The van der Waals surface area contributed by atoms with E-state index in [1.807, 2.05) is 0 Å². The lowest BCUT2D eigenvalue weighted by atomic mass is 10.1. The minimum absolute atomic E-state index is 0.0272. The van der Waals surface area contributed by atoms with E-state index in [1.54, 1.807) is 0 Å². The highest BCUT2D eigenvalue weighted by atomic mass is 19.1. The van der Waals surface area contributed by atoms with Gasteiger partial charge in [0.25, 0.3) is 0 Å². The van der Waals surface area contributed by atoms with Crippen molar-refractivity contribution in [3.8, 4) is 0 Å². The number of carbonyl (C=O) groups excluding carboxylic acids is 1. The number of benzene rings is 1. The summed E-state index contributed by atoms with van der Waals surface area (Å²) in [5.41, 5.74) is 2.02. The molecule has 0 unspecified atom stereocenters. The lowest BCUT2D eigenvalue weighted by Gasteiger charge is -2.11. The van der Waals surface area contributed by atoms with E-state index in [0.717, 1.165) is 37.8 Å². The van der Waals surface area contributed by atoms with Gasteiger partial charge in [-0.05, 0) is 25.0 Å². The molecule has 0 heterocycles. The summed E-state index contributed by atoms with van der Waals surface area (Å²) in [5, 5.41) is 0. The minimum Gasteiger partial charge on any atom is -0.272 e. The van der Waals surface area contributed by atoms with Gasteiger partial charge in [-0.2, -0.15) is 0 Å². The van der Waals surface area contributed by atoms with Crippen LogP contribution in [0, 0.1) is 11.6 Å². The second kappa shape index (κ2) is 5.91. The van der Waals surface area contributed by atoms with Crippen LogP contribution in [-0.4, -0.2) is 12.0 Å². The predicted octanol–water partition coefficient (Wildman–Crippen LogP) is 2.50. The van der Waals surface area contributed by atoms with Crippen LogP contribution in [0.1, 0.15) is 31.2 Å². The Morgan fingerprint density at radius 3 is 2.50 bits per heavy atom. The number of hydrogen-bond acceptors (Lipinski definition) is 2. The molecule has 5 heteroatoms. The molecule has 0 spiro atoms. The van der Waals surface area contributed by atoms with Crippen LogP contribution in [0.15, 0.2) is 18.2 Å². The molecule has 1 aliphatic rings. The summed E-state index contributed by atoms with van der Waals surface area (Å²) in [5.74, 6) is -1.97. The molecule has 0 aromatic heterocycles. The summed E-state index contributed by atoms with van der Waals surface area (Å²) in [6, 6.07) is 3.52. The highest BCUT2D eigenvalue weighted by Gasteiger charge is 2.18. The molecule has 0 bridgehead atoms. The monoisotopic (exact) mass is 255 g/mol. The van der Waals surface area contributed by atoms with Gasteiger partial charge in [-0.25, -0.2) is 14.3 Å². The van der Waals surface area contributed by atoms with Crippen molar-refractivity contribution in [3.05, 3.63) is 35.4 Å². The number of amides is 1. The van der Waals surface area contributed by atoms with Crippen LogP contribution < -0.4 is 5.48 Å². The van der Waals surface area contributed by atoms with Gasteiger partial charge in [-0.1, -0.05) is 18.9 Å². The molecule has 0 saturated heterocycles. The predicted molar refractivity (Wildman–Crippen MR) is 61.5 cm³/mol. The molecular weight excluding hydrogens is 240 g/mol. The maximum atomic E-state index is 13.3. The van der Waals surface area contributed by atoms with E-state index in [1.165, 1.54) is 6.07 Å². The Morgan fingerprint density at radius 2 is 1.89 bits per heavy atom. The van der Waals surface area contributed by atoms with Crippen molar-refractivity contribution in [2.45, 2.75) is 38.2 Å². The summed E-state index contributed by atoms with van der Waals surface area (Å²) < 4.78 is 26.6. The Morgan fingerprint density at radius 1 is 1.28 bits per heavy atom. The minimum atomic E-state index is -0.717. The third-order valence-corrected chi connectivity index (χ3v) is 3.04. The third kappa shape index (κ3) is 3.26. The number of halogens is 2. The van der Waals surface area contributed by atoms with Gasteiger partial charge in [-0.3, -0.25) is 9.63 Å². The highest BCUT2D eigenvalue weighted by Crippen LogP contribution is 2.20. The number of rotatable bonds is 4. The first kappa shape index (κ1) is 13.0. The second-order valence-electron chi connectivity index (χ2n) is 4.43. The molecule has 1 aliphatic carbocycles. The van der Waals surface area contributed by atoms with Crippen molar-refractivity contribution >= 4 is 5.91 Å². The van der Waals surface area contributed by atoms with E-state index in [4.69, 9.17) is 4.84 Å². The highest BCUT2D eigenvalue weighted by molar-refractivity contribution is 5.77. The van der Waals surface area contributed by atoms with Gasteiger partial charge in [0, 0.05) is 5.56 Å². The maximum Gasteiger partial charge on any atom is 0.248 e. The standard InChI is InChI=1S/C13H15F2NO2/c14-11-6-3-7-12(15)10(11)8-13(17)16-18-9-4-1-2-5-9/h3,6-7,9H,1-2,4-5,8H2,(H,16,17). The summed E-state index contributed by atoms with van der Waals surface area (Å²) in [4.78, 5) is 16.7. The number of nitrogens with one attached hydrogen (secondary N) is 1. The van der Waals surface area contributed by atoms with E-state index in [-0.39, 0.29) is 18.1 Å². The molecule has 2 rings (SSSR count). The molecule has 0 aliphatic heterocycles. The Labute approximate surface area is 104 Å². The fraction of sp³-hybridized carbons (Fsp3) is 0.462. The van der Waals surface area contributed by atoms with Crippen molar-refractivity contribution in [1.82, 2.24) is 5.48 Å². The molecule has 1 amide bonds. The maximum absolute atomic E-state index is 13.3. The van der Waals surface area contributed by atoms with Crippen LogP contribution in [0.4, 0.5) is 8.78 Å². The van der Waals surface area contributed by atoms with Gasteiger partial charge in [0.05, 0.1) is 12.5 Å². The van der Waals surface area contributed by atoms with Gasteiger partial charge in [0.15, 0.2) is 0 Å². The van der Waals surface area contributed by atoms with Gasteiger partial charge in [0.2, 0.25) is 5.91 Å². The van der Waals surface area contributed by atoms with Crippen LogP contribution in [-0.2, 0) is 16.1 Å². The lowest BCUT2D eigenvalue weighted by molar-refractivity contribution is -0.137. The normalized spacial score (nSPS) is 15.9. The molecule has 1 fully saturated rings. The molecule has 1 saturated carbocycles. The largest absolute Gasteiger partial charge is 0.272 e. The SMILES string of the molecule is O=C(Cc1c(F)cccc1F)NOC1CCCC1. The number of hydrogen-bond donors (Lipinski definition) is 1. The summed E-state index contributed by atoms with van der Waals surface area (Å²) in [6.07, 6.45) is 3.66. The molecule has 3 nitrogen and oxygen atoms in total. The zero-order valence-electron chi connectivity index (χ0n) is 9.92. The topological polar surface area (TPSA) is 38.3 Å². The van der Waals surface area contributed by atoms with Crippen molar-refractivity contribution in [2.75, 3.05) is 0 Å². The van der Waals surface area contributed by atoms with Crippen LogP contribution in [0.5, 0.6) is 0 Å². The van der Waals surface area contributed by atoms with Crippen molar-refractivity contribution in [1.29, 1.82) is 0 Å². The Balaban J connectivity index is 1.86. The summed E-state index contributed by atoms with van der Waals surface area (Å²) >= 11 is 0. The van der Waals surface area contributed by atoms with Crippen LogP contribution >= 0.6 is 0 Å². The zero-order valence-corrected chi connectivity index (χ0v) is 9.92. The van der Waals surface area contributed by atoms with Gasteiger partial charge >= 0.3 is 0 Å². The third-order valence-electron chi connectivity index (χ3n) is 3.04. The van der Waals surface area contributed by atoms with E-state index >= 15 is 0 Å². The second-order valence-corrected chi connectivity index (χ2v) is 4.43. The molecule has 1 aromatic rings. The molecule has 1 aromatic carbocycles. The molecule has 18 heavy (non-hydrogen) atoms. The first-order valence-corrected chi connectivity index (χ1v) is 6.04. The average molecular weight is 255 g/mol. The molecule has 1 N–H and O–H groups in total. The van der Waals surface area contributed by atoms with E-state index in [2.05, 4.69) is 5.48 Å². The fourth-order valence-electron chi connectivity index (χ4n) is 2.05. The van der Waals surface area contributed by atoms with E-state index in [9.17, 15) is 13.6 Å². The summed E-state index contributed by atoms with van der Waals surface area (Å²) in [6.45, 7) is 0. The van der Waals surface area contributed by atoms with Gasteiger partial charge in [-0.15, -0.1) is 0 Å². The molecule has 0 radical (unpaired) electrons. The van der Waals surface area contributed by atoms with E-state index in [0.29, 0.717) is 0 Å². The number of carbonyl (C=O) groups is 1. The van der Waals surface area contributed by atoms with Crippen LogP contribution in [0.25, 0.3) is 0 Å². The van der Waals surface area contributed by atoms with Crippen molar-refractivity contribution in [2.24, 2.45) is 0 Å². The summed E-state index contributed by atoms with van der Waals surface area (Å²) in [7, 11) is 0. The van der Waals surface area contributed by atoms with Crippen molar-refractivity contribution < 1.29 is 18.4 Å². The number of hydroxylamine groups is 1. The molecule has 0 atom stereocenters. The Bertz CT molecular complexity index is 411. The quantitative estimate of drug-likeness (QED) is 0.839. The van der Waals surface area contributed by atoms with Gasteiger partial charge in [0.1, 0.15) is 11.6 Å². The van der Waals surface area contributed by atoms with Crippen LogP contribution in [0.2, 0.25) is 0 Å². The first-order chi connectivity index (χ1) is 8.66. The Hall–Kier alpha value is -1.49. The molecular formula is C13H15F2NO2. The first-order valence-electron chi connectivity index (χ1n) is 6.04. The van der Waals surface area contributed by atoms with E-state index < -0.39 is 17.5 Å².